The van der Waals surface area contributed by atoms with E-state index in [1.54, 1.807) is 36.6 Å². The first kappa shape index (κ1) is 14.4. The van der Waals surface area contributed by atoms with Crippen LogP contribution < -0.4 is 5.32 Å². The predicted molar refractivity (Wildman–Crippen MR) is 81.7 cm³/mol. The number of rotatable bonds is 5. The minimum atomic E-state index is -0.282. The summed E-state index contributed by atoms with van der Waals surface area (Å²) in [4.78, 5) is 12.0. The Morgan fingerprint density at radius 2 is 2.05 bits per heavy atom. The van der Waals surface area contributed by atoms with Crippen molar-refractivity contribution in [1.29, 1.82) is 0 Å². The molecule has 0 saturated heterocycles. The van der Waals surface area contributed by atoms with Gasteiger partial charge in [-0.3, -0.25) is 4.79 Å². The standard InChI is InChI=1S/C16H13ClN2O3/c17-12-5-3-11(4-6-12)15-10-14(19-22-15)16(20)18-8-7-13-2-1-9-21-13/h1-6,9-10H,7-8H2,(H,18,20). The van der Waals surface area contributed by atoms with Gasteiger partial charge in [0.15, 0.2) is 11.5 Å². The van der Waals surface area contributed by atoms with E-state index in [4.69, 9.17) is 20.5 Å². The largest absolute Gasteiger partial charge is 0.469 e. The van der Waals surface area contributed by atoms with Crippen molar-refractivity contribution in [2.24, 2.45) is 0 Å². The van der Waals surface area contributed by atoms with Gasteiger partial charge in [0.25, 0.3) is 5.91 Å². The summed E-state index contributed by atoms with van der Waals surface area (Å²) in [5, 5.41) is 7.19. The van der Waals surface area contributed by atoms with Crippen LogP contribution in [0, 0.1) is 0 Å². The van der Waals surface area contributed by atoms with E-state index in [-0.39, 0.29) is 11.6 Å². The molecule has 0 atom stereocenters. The van der Waals surface area contributed by atoms with Crippen LogP contribution in [0.5, 0.6) is 0 Å². The molecule has 6 heteroatoms. The number of aromatic nitrogens is 1. The van der Waals surface area contributed by atoms with Crippen LogP contribution in [0.3, 0.4) is 0 Å². The summed E-state index contributed by atoms with van der Waals surface area (Å²) in [6.07, 6.45) is 2.23. The van der Waals surface area contributed by atoms with E-state index in [1.165, 1.54) is 0 Å². The number of carbonyl (C=O) groups excluding carboxylic acids is 1. The van der Waals surface area contributed by atoms with Crippen molar-refractivity contribution in [2.45, 2.75) is 6.42 Å². The molecule has 3 aromatic rings. The number of benzene rings is 1. The average Bonchev–Trinajstić information content (AvgIpc) is 3.19. The minimum Gasteiger partial charge on any atom is -0.469 e. The number of carbonyl (C=O) groups is 1. The van der Waals surface area contributed by atoms with E-state index in [9.17, 15) is 4.79 Å². The molecule has 1 N–H and O–H groups in total. The van der Waals surface area contributed by atoms with Crippen molar-refractivity contribution in [3.05, 3.63) is 65.2 Å². The van der Waals surface area contributed by atoms with Crippen molar-refractivity contribution < 1.29 is 13.7 Å². The second-order valence-electron chi connectivity index (χ2n) is 4.67. The molecule has 0 bridgehead atoms. The zero-order chi connectivity index (χ0) is 15.4. The van der Waals surface area contributed by atoms with Crippen LogP contribution in [0.25, 0.3) is 11.3 Å². The first-order chi connectivity index (χ1) is 10.7. The number of furan rings is 1. The van der Waals surface area contributed by atoms with Gasteiger partial charge in [0.2, 0.25) is 0 Å². The quantitative estimate of drug-likeness (QED) is 0.781. The highest BCUT2D eigenvalue weighted by molar-refractivity contribution is 6.30. The van der Waals surface area contributed by atoms with Crippen LogP contribution in [0.1, 0.15) is 16.2 Å². The van der Waals surface area contributed by atoms with Crippen LogP contribution in [0.15, 0.2) is 57.7 Å². The molecule has 0 saturated carbocycles. The summed E-state index contributed by atoms with van der Waals surface area (Å²) in [7, 11) is 0. The smallest absolute Gasteiger partial charge is 0.273 e. The topological polar surface area (TPSA) is 68.3 Å². The molecule has 5 nitrogen and oxygen atoms in total. The molecule has 0 fully saturated rings. The maximum atomic E-state index is 12.0. The molecule has 0 unspecified atom stereocenters. The fraction of sp³-hybridized carbons (Fsp3) is 0.125. The molecule has 2 aromatic heterocycles. The number of halogens is 1. The lowest BCUT2D eigenvalue weighted by Gasteiger charge is -2.00. The lowest BCUT2D eigenvalue weighted by molar-refractivity contribution is 0.0945. The van der Waals surface area contributed by atoms with Gasteiger partial charge >= 0.3 is 0 Å². The Morgan fingerprint density at radius 1 is 1.23 bits per heavy atom. The third-order valence-corrected chi connectivity index (χ3v) is 3.36. The Balaban J connectivity index is 1.60. The van der Waals surface area contributed by atoms with E-state index in [2.05, 4.69) is 10.5 Å². The number of nitrogens with one attached hydrogen (secondary N) is 1. The summed E-state index contributed by atoms with van der Waals surface area (Å²) in [5.74, 6) is 1.06. The minimum absolute atomic E-state index is 0.240. The van der Waals surface area contributed by atoms with Crippen molar-refractivity contribution in [3.63, 3.8) is 0 Å². The zero-order valence-corrected chi connectivity index (χ0v) is 12.3. The summed E-state index contributed by atoms with van der Waals surface area (Å²) >= 11 is 5.84. The van der Waals surface area contributed by atoms with Crippen molar-refractivity contribution in [1.82, 2.24) is 10.5 Å². The second-order valence-corrected chi connectivity index (χ2v) is 5.10. The van der Waals surface area contributed by atoms with Crippen LogP contribution in [0.4, 0.5) is 0 Å². The summed E-state index contributed by atoms with van der Waals surface area (Å²) in [5.41, 5.74) is 1.05. The van der Waals surface area contributed by atoms with Gasteiger partial charge in [0, 0.05) is 29.6 Å². The fourth-order valence-electron chi connectivity index (χ4n) is 1.98. The maximum absolute atomic E-state index is 12.0. The Hall–Kier alpha value is -2.53. The molecule has 0 aliphatic carbocycles. The molecule has 0 aliphatic heterocycles. The zero-order valence-electron chi connectivity index (χ0n) is 11.6. The van der Waals surface area contributed by atoms with E-state index in [0.29, 0.717) is 23.7 Å². The molecule has 3 rings (SSSR count). The highest BCUT2D eigenvalue weighted by atomic mass is 35.5. The number of amides is 1. The van der Waals surface area contributed by atoms with Gasteiger partial charge in [-0.2, -0.15) is 0 Å². The van der Waals surface area contributed by atoms with Crippen LogP contribution in [-0.2, 0) is 6.42 Å². The Kier molecular flexibility index (Phi) is 4.25. The molecule has 1 aromatic carbocycles. The monoisotopic (exact) mass is 316 g/mol. The van der Waals surface area contributed by atoms with Crippen LogP contribution in [-0.4, -0.2) is 17.6 Å². The fourth-order valence-corrected chi connectivity index (χ4v) is 2.10. The van der Waals surface area contributed by atoms with Crippen molar-refractivity contribution >= 4 is 17.5 Å². The summed E-state index contributed by atoms with van der Waals surface area (Å²) in [6, 6.07) is 12.4. The van der Waals surface area contributed by atoms with E-state index < -0.39 is 0 Å². The van der Waals surface area contributed by atoms with Crippen molar-refractivity contribution in [3.8, 4) is 11.3 Å². The average molecular weight is 317 g/mol. The first-order valence-corrected chi connectivity index (χ1v) is 7.13. The van der Waals surface area contributed by atoms with E-state index >= 15 is 0 Å². The molecule has 2 heterocycles. The van der Waals surface area contributed by atoms with Gasteiger partial charge in [-0.1, -0.05) is 16.8 Å². The van der Waals surface area contributed by atoms with Gasteiger partial charge in [-0.15, -0.1) is 0 Å². The van der Waals surface area contributed by atoms with Gasteiger partial charge in [0.1, 0.15) is 5.76 Å². The Morgan fingerprint density at radius 3 is 2.77 bits per heavy atom. The molecule has 112 valence electrons. The predicted octanol–water partition coefficient (Wildman–Crippen LogP) is 3.56. The molecule has 0 aliphatic rings. The summed E-state index contributed by atoms with van der Waals surface area (Å²) < 4.78 is 10.4. The number of hydrogen-bond acceptors (Lipinski definition) is 4. The Bertz CT molecular complexity index is 748. The SMILES string of the molecule is O=C(NCCc1ccco1)c1cc(-c2ccc(Cl)cc2)on1. The van der Waals surface area contributed by atoms with Crippen LogP contribution in [0.2, 0.25) is 5.02 Å². The third-order valence-electron chi connectivity index (χ3n) is 3.11. The van der Waals surface area contributed by atoms with Crippen LogP contribution >= 0.6 is 11.6 Å². The number of hydrogen-bond donors (Lipinski definition) is 1. The van der Waals surface area contributed by atoms with Crippen molar-refractivity contribution in [2.75, 3.05) is 6.54 Å². The van der Waals surface area contributed by atoms with Gasteiger partial charge < -0.3 is 14.3 Å². The highest BCUT2D eigenvalue weighted by Crippen LogP contribution is 2.22. The Labute approximate surface area is 131 Å². The van der Waals surface area contributed by atoms with E-state index in [0.717, 1.165) is 11.3 Å². The van der Waals surface area contributed by atoms with Gasteiger partial charge in [-0.05, 0) is 36.4 Å². The maximum Gasteiger partial charge on any atom is 0.273 e. The normalized spacial score (nSPS) is 10.6. The lowest BCUT2D eigenvalue weighted by Crippen LogP contribution is -2.25. The third kappa shape index (κ3) is 3.38. The van der Waals surface area contributed by atoms with E-state index in [1.807, 2.05) is 12.1 Å². The highest BCUT2D eigenvalue weighted by Gasteiger charge is 2.13. The first-order valence-electron chi connectivity index (χ1n) is 6.75. The molecule has 0 spiro atoms. The molecular formula is C16H13ClN2O3. The van der Waals surface area contributed by atoms with Gasteiger partial charge in [-0.25, -0.2) is 0 Å². The second kappa shape index (κ2) is 6.49. The molecule has 1 amide bonds. The molecule has 22 heavy (non-hydrogen) atoms. The molecule has 0 radical (unpaired) electrons. The summed E-state index contributed by atoms with van der Waals surface area (Å²) in [6.45, 7) is 0.468. The molecular weight excluding hydrogens is 304 g/mol. The van der Waals surface area contributed by atoms with Gasteiger partial charge in [0.05, 0.1) is 6.26 Å². The lowest BCUT2D eigenvalue weighted by atomic mass is 10.1. The number of nitrogens with zero attached hydrogens (tertiary/aromatic N) is 1.